The van der Waals surface area contributed by atoms with E-state index in [1.807, 2.05) is 19.1 Å². The number of nitrogens with one attached hydrogen (secondary N) is 1. The third-order valence-corrected chi connectivity index (χ3v) is 6.82. The number of carbonyl (C=O) groups excluding carboxylic acids is 3. The highest BCUT2D eigenvalue weighted by atomic mass is 16.6. The molecule has 0 bridgehead atoms. The Labute approximate surface area is 214 Å². The molecule has 0 unspecified atom stereocenters. The first-order valence-electron chi connectivity index (χ1n) is 12.1. The van der Waals surface area contributed by atoms with Gasteiger partial charge in [0.15, 0.2) is 0 Å². The average molecular weight is 511 g/mol. The molecule has 2 aliphatic heterocycles. The lowest BCUT2D eigenvalue weighted by Crippen LogP contribution is -2.60. The predicted molar refractivity (Wildman–Crippen MR) is 133 cm³/mol. The molecule has 1 atom stereocenters. The number of hydrogen-bond acceptors (Lipinski definition) is 7. The second-order valence-corrected chi connectivity index (χ2v) is 9.20. The van der Waals surface area contributed by atoms with Gasteiger partial charge in [-0.05, 0) is 25.1 Å². The van der Waals surface area contributed by atoms with Crippen LogP contribution in [0.2, 0.25) is 0 Å². The number of methoxy groups -OCH3 is 1. The fourth-order valence-electron chi connectivity index (χ4n) is 4.79. The summed E-state index contributed by atoms with van der Waals surface area (Å²) in [4.78, 5) is 53.5. The van der Waals surface area contributed by atoms with Crippen LogP contribution in [0.15, 0.2) is 48.5 Å². The standard InChI is InChI=1S/C26H30N4O7/c1-18-6-8-19(9-7-18)25(33)29-22(23(31)27-12-15-36-2)17-37-26(29)10-13-28(14-11-26)24(32)20-4-3-5-21(16-20)30(34)35/h3-9,16,22H,10-15,17H2,1-2H3,(H,27,31)/t22-/m0/s1. The summed E-state index contributed by atoms with van der Waals surface area (Å²) in [6, 6.07) is 11.9. The maximum Gasteiger partial charge on any atom is 0.270 e. The number of benzene rings is 2. The number of hydrogen-bond donors (Lipinski definition) is 1. The maximum absolute atomic E-state index is 13.7. The van der Waals surface area contributed by atoms with Crippen LogP contribution >= 0.6 is 0 Å². The molecule has 1 N–H and O–H groups in total. The Morgan fingerprint density at radius 1 is 1.11 bits per heavy atom. The number of nitro groups is 1. The highest BCUT2D eigenvalue weighted by Gasteiger charge is 2.54. The van der Waals surface area contributed by atoms with Gasteiger partial charge in [0.25, 0.3) is 17.5 Å². The molecule has 0 saturated carbocycles. The monoisotopic (exact) mass is 510 g/mol. The first kappa shape index (κ1) is 26.2. The summed E-state index contributed by atoms with van der Waals surface area (Å²) in [5.41, 5.74) is 0.465. The topological polar surface area (TPSA) is 131 Å². The molecule has 0 aromatic heterocycles. The van der Waals surface area contributed by atoms with E-state index in [2.05, 4.69) is 5.32 Å². The molecular weight excluding hydrogens is 480 g/mol. The van der Waals surface area contributed by atoms with Gasteiger partial charge in [-0.1, -0.05) is 23.8 Å². The van der Waals surface area contributed by atoms with E-state index in [9.17, 15) is 24.5 Å². The molecule has 4 rings (SSSR count). The molecule has 2 heterocycles. The van der Waals surface area contributed by atoms with Crippen LogP contribution in [0.3, 0.4) is 0 Å². The van der Waals surface area contributed by atoms with E-state index in [0.717, 1.165) is 5.56 Å². The summed E-state index contributed by atoms with van der Waals surface area (Å²) in [6.45, 7) is 3.13. The van der Waals surface area contributed by atoms with Gasteiger partial charge < -0.3 is 19.7 Å². The number of non-ortho nitro benzene ring substituents is 1. The van der Waals surface area contributed by atoms with Crippen molar-refractivity contribution in [1.82, 2.24) is 15.1 Å². The summed E-state index contributed by atoms with van der Waals surface area (Å²) in [5, 5.41) is 13.9. The van der Waals surface area contributed by atoms with Crippen molar-refractivity contribution in [2.24, 2.45) is 0 Å². The summed E-state index contributed by atoms with van der Waals surface area (Å²) >= 11 is 0. The minimum atomic E-state index is -1.05. The quantitative estimate of drug-likeness (QED) is 0.343. The first-order chi connectivity index (χ1) is 17.8. The highest BCUT2D eigenvalue weighted by Crippen LogP contribution is 2.39. The van der Waals surface area contributed by atoms with Gasteiger partial charge in [0.2, 0.25) is 5.91 Å². The Morgan fingerprint density at radius 2 is 1.81 bits per heavy atom. The maximum atomic E-state index is 13.7. The van der Waals surface area contributed by atoms with Crippen molar-refractivity contribution in [2.75, 3.05) is 40.0 Å². The lowest BCUT2D eigenvalue weighted by molar-refractivity contribution is -0.384. The molecule has 2 aromatic carbocycles. The van der Waals surface area contributed by atoms with Crippen LogP contribution < -0.4 is 5.32 Å². The van der Waals surface area contributed by atoms with Crippen LogP contribution in [0.1, 0.15) is 39.1 Å². The second-order valence-electron chi connectivity index (χ2n) is 9.20. The van der Waals surface area contributed by atoms with E-state index in [-0.39, 0.29) is 48.7 Å². The fraction of sp³-hybridized carbons (Fsp3) is 0.423. The van der Waals surface area contributed by atoms with Gasteiger partial charge in [0.05, 0.1) is 18.1 Å². The number of piperidine rings is 1. The molecule has 0 aliphatic carbocycles. The van der Waals surface area contributed by atoms with Crippen LogP contribution in [0.5, 0.6) is 0 Å². The third kappa shape index (κ3) is 5.47. The first-order valence-corrected chi connectivity index (χ1v) is 12.1. The Morgan fingerprint density at radius 3 is 2.46 bits per heavy atom. The zero-order chi connectivity index (χ0) is 26.6. The Bertz CT molecular complexity index is 1180. The fourth-order valence-corrected chi connectivity index (χ4v) is 4.79. The molecular formula is C26H30N4O7. The average Bonchev–Trinajstić information content (AvgIpc) is 3.27. The number of likely N-dealkylation sites (tertiary alicyclic amines) is 1. The molecule has 196 valence electrons. The second kappa shape index (κ2) is 11.1. The number of aryl methyl sites for hydroxylation is 1. The number of nitrogens with zero attached hydrogens (tertiary/aromatic N) is 3. The molecule has 1 spiro atoms. The molecule has 2 fully saturated rings. The SMILES string of the molecule is COCCNC(=O)[C@@H]1COC2(CCN(C(=O)c3cccc([N+](=O)[O-])c3)CC2)N1C(=O)c1ccc(C)cc1. The normalized spacial score (nSPS) is 18.6. The van der Waals surface area contributed by atoms with Gasteiger partial charge in [-0.15, -0.1) is 0 Å². The number of nitro benzene ring substituents is 1. The zero-order valence-electron chi connectivity index (χ0n) is 20.8. The van der Waals surface area contributed by atoms with Crippen LogP contribution in [0.25, 0.3) is 0 Å². The van der Waals surface area contributed by atoms with E-state index in [1.54, 1.807) is 23.1 Å². The molecule has 2 aliphatic rings. The lowest BCUT2D eigenvalue weighted by atomic mass is 9.96. The van der Waals surface area contributed by atoms with Crippen LogP contribution in [-0.4, -0.2) is 84.2 Å². The van der Waals surface area contributed by atoms with Gasteiger partial charge in [-0.3, -0.25) is 29.4 Å². The predicted octanol–water partition coefficient (Wildman–Crippen LogP) is 2.14. The number of amides is 3. The van der Waals surface area contributed by atoms with Gasteiger partial charge in [-0.25, -0.2) is 0 Å². The van der Waals surface area contributed by atoms with Gasteiger partial charge in [0.1, 0.15) is 11.8 Å². The van der Waals surface area contributed by atoms with E-state index < -0.39 is 16.7 Å². The van der Waals surface area contributed by atoms with Crippen LogP contribution in [0, 0.1) is 17.0 Å². The molecule has 0 radical (unpaired) electrons. The highest BCUT2D eigenvalue weighted by molar-refractivity contribution is 5.98. The van der Waals surface area contributed by atoms with Crippen molar-refractivity contribution in [1.29, 1.82) is 0 Å². The van der Waals surface area contributed by atoms with Crippen molar-refractivity contribution >= 4 is 23.4 Å². The number of ether oxygens (including phenoxy) is 2. The summed E-state index contributed by atoms with van der Waals surface area (Å²) < 4.78 is 11.2. The minimum Gasteiger partial charge on any atom is -0.383 e. The molecule has 2 saturated heterocycles. The third-order valence-electron chi connectivity index (χ3n) is 6.82. The van der Waals surface area contributed by atoms with Gasteiger partial charge >= 0.3 is 0 Å². The largest absolute Gasteiger partial charge is 0.383 e. The summed E-state index contributed by atoms with van der Waals surface area (Å²) in [6.07, 6.45) is 0.597. The smallest absolute Gasteiger partial charge is 0.270 e. The summed E-state index contributed by atoms with van der Waals surface area (Å²) in [7, 11) is 1.54. The summed E-state index contributed by atoms with van der Waals surface area (Å²) in [5.74, 6) is -0.978. The van der Waals surface area contributed by atoms with Crippen molar-refractivity contribution in [3.63, 3.8) is 0 Å². The molecule has 11 nitrogen and oxygen atoms in total. The van der Waals surface area contributed by atoms with Crippen molar-refractivity contribution in [3.05, 3.63) is 75.3 Å². The van der Waals surface area contributed by atoms with E-state index in [1.165, 1.54) is 30.2 Å². The Balaban J connectivity index is 1.55. The van der Waals surface area contributed by atoms with Crippen LogP contribution in [-0.2, 0) is 14.3 Å². The molecule has 11 heteroatoms. The number of carbonyl (C=O) groups is 3. The van der Waals surface area contributed by atoms with Gasteiger partial charge in [0, 0.05) is 62.8 Å². The van der Waals surface area contributed by atoms with Crippen molar-refractivity contribution in [3.8, 4) is 0 Å². The van der Waals surface area contributed by atoms with Crippen LogP contribution in [0.4, 0.5) is 5.69 Å². The van der Waals surface area contributed by atoms with Gasteiger partial charge in [-0.2, -0.15) is 0 Å². The van der Waals surface area contributed by atoms with Crippen molar-refractivity contribution < 1.29 is 28.8 Å². The number of rotatable bonds is 7. The van der Waals surface area contributed by atoms with Crippen molar-refractivity contribution in [2.45, 2.75) is 31.5 Å². The lowest BCUT2D eigenvalue weighted by Gasteiger charge is -2.44. The zero-order valence-corrected chi connectivity index (χ0v) is 20.8. The van der Waals surface area contributed by atoms with E-state index >= 15 is 0 Å². The molecule has 3 amide bonds. The molecule has 37 heavy (non-hydrogen) atoms. The minimum absolute atomic E-state index is 0.0369. The van der Waals surface area contributed by atoms with E-state index in [4.69, 9.17) is 9.47 Å². The Hall–Kier alpha value is -3.83. The van der Waals surface area contributed by atoms with E-state index in [0.29, 0.717) is 31.6 Å². The Kier molecular flexibility index (Phi) is 7.84. The molecule has 2 aromatic rings.